The number of hydrogen-bond acceptors (Lipinski definition) is 3. The van der Waals surface area contributed by atoms with Gasteiger partial charge in [0.2, 0.25) is 0 Å². The van der Waals surface area contributed by atoms with E-state index in [0.717, 1.165) is 31.5 Å². The zero-order chi connectivity index (χ0) is 9.84. The predicted octanol–water partition coefficient (Wildman–Crippen LogP) is 0.815. The molecule has 0 spiro atoms. The summed E-state index contributed by atoms with van der Waals surface area (Å²) >= 11 is 0. The Morgan fingerprint density at radius 1 is 1.54 bits per heavy atom. The molecule has 1 fully saturated rings. The molecule has 0 amide bonds. The SMILES string of the molecule is CC1CCN(CC(N)C#N)CC1C. The van der Waals surface area contributed by atoms with E-state index in [-0.39, 0.29) is 6.04 Å². The molecule has 0 aliphatic carbocycles. The van der Waals surface area contributed by atoms with E-state index in [1.165, 1.54) is 6.42 Å². The minimum absolute atomic E-state index is 0.319. The molecule has 0 aromatic rings. The van der Waals surface area contributed by atoms with Gasteiger partial charge in [-0.25, -0.2) is 0 Å². The number of likely N-dealkylation sites (tertiary alicyclic amines) is 1. The van der Waals surface area contributed by atoms with Crippen molar-refractivity contribution in [3.63, 3.8) is 0 Å². The summed E-state index contributed by atoms with van der Waals surface area (Å²) < 4.78 is 0. The second kappa shape index (κ2) is 4.59. The van der Waals surface area contributed by atoms with Crippen LogP contribution in [0, 0.1) is 23.2 Å². The lowest BCUT2D eigenvalue weighted by atomic mass is 9.88. The first kappa shape index (κ1) is 10.5. The van der Waals surface area contributed by atoms with Crippen LogP contribution in [-0.2, 0) is 0 Å². The van der Waals surface area contributed by atoms with Crippen LogP contribution in [0.25, 0.3) is 0 Å². The second-order valence-electron chi connectivity index (χ2n) is 4.24. The molecule has 3 atom stereocenters. The molecule has 0 bridgehead atoms. The summed E-state index contributed by atoms with van der Waals surface area (Å²) in [5.74, 6) is 1.55. The first-order valence-corrected chi connectivity index (χ1v) is 5.01. The smallest absolute Gasteiger partial charge is 0.106 e. The monoisotopic (exact) mass is 181 g/mol. The van der Waals surface area contributed by atoms with Crippen molar-refractivity contribution in [3.8, 4) is 6.07 Å². The van der Waals surface area contributed by atoms with Gasteiger partial charge in [0.05, 0.1) is 6.07 Å². The molecule has 1 rings (SSSR count). The van der Waals surface area contributed by atoms with Gasteiger partial charge in [0.15, 0.2) is 0 Å². The third-order valence-electron chi connectivity index (χ3n) is 3.04. The summed E-state index contributed by atoms with van der Waals surface area (Å²) in [6.07, 6.45) is 1.24. The van der Waals surface area contributed by atoms with Crippen LogP contribution in [-0.4, -0.2) is 30.6 Å². The third kappa shape index (κ3) is 2.98. The molecule has 0 radical (unpaired) electrons. The van der Waals surface area contributed by atoms with E-state index in [2.05, 4.69) is 24.8 Å². The average molecular weight is 181 g/mol. The molecule has 0 aromatic heterocycles. The van der Waals surface area contributed by atoms with Gasteiger partial charge in [-0.15, -0.1) is 0 Å². The fourth-order valence-corrected chi connectivity index (χ4v) is 1.83. The van der Waals surface area contributed by atoms with Crippen molar-refractivity contribution in [1.82, 2.24) is 4.90 Å². The van der Waals surface area contributed by atoms with Crippen LogP contribution in [0.4, 0.5) is 0 Å². The van der Waals surface area contributed by atoms with Crippen LogP contribution in [0.3, 0.4) is 0 Å². The van der Waals surface area contributed by atoms with E-state index in [1.54, 1.807) is 0 Å². The van der Waals surface area contributed by atoms with Crippen molar-refractivity contribution in [3.05, 3.63) is 0 Å². The van der Waals surface area contributed by atoms with E-state index >= 15 is 0 Å². The van der Waals surface area contributed by atoms with Crippen LogP contribution in [0.15, 0.2) is 0 Å². The summed E-state index contributed by atoms with van der Waals surface area (Å²) in [6, 6.07) is 1.76. The quantitative estimate of drug-likeness (QED) is 0.686. The van der Waals surface area contributed by atoms with E-state index in [4.69, 9.17) is 11.0 Å². The molecule has 3 heteroatoms. The van der Waals surface area contributed by atoms with Crippen molar-refractivity contribution < 1.29 is 0 Å². The Morgan fingerprint density at radius 2 is 2.23 bits per heavy atom. The van der Waals surface area contributed by atoms with Gasteiger partial charge in [-0.3, -0.25) is 0 Å². The van der Waals surface area contributed by atoms with E-state index in [1.807, 2.05) is 0 Å². The molecule has 3 unspecified atom stereocenters. The Kier molecular flexibility index (Phi) is 3.71. The molecular weight excluding hydrogens is 162 g/mol. The second-order valence-corrected chi connectivity index (χ2v) is 4.24. The number of nitrogens with zero attached hydrogens (tertiary/aromatic N) is 2. The fourth-order valence-electron chi connectivity index (χ4n) is 1.83. The average Bonchev–Trinajstić information content (AvgIpc) is 2.11. The molecule has 2 N–H and O–H groups in total. The first-order valence-electron chi connectivity index (χ1n) is 5.01. The van der Waals surface area contributed by atoms with Crippen LogP contribution in [0.1, 0.15) is 20.3 Å². The maximum absolute atomic E-state index is 8.58. The van der Waals surface area contributed by atoms with Crippen molar-refractivity contribution >= 4 is 0 Å². The molecule has 1 saturated heterocycles. The van der Waals surface area contributed by atoms with Gasteiger partial charge >= 0.3 is 0 Å². The lowest BCUT2D eigenvalue weighted by Gasteiger charge is -2.35. The predicted molar refractivity (Wildman–Crippen MR) is 53.0 cm³/mol. The van der Waals surface area contributed by atoms with Gasteiger partial charge in [0, 0.05) is 13.1 Å². The summed E-state index contributed by atoms with van der Waals surface area (Å²) in [6.45, 7) is 7.49. The van der Waals surface area contributed by atoms with Crippen LogP contribution >= 0.6 is 0 Å². The fraction of sp³-hybridized carbons (Fsp3) is 0.900. The van der Waals surface area contributed by atoms with Crippen LogP contribution < -0.4 is 5.73 Å². The Balaban J connectivity index is 2.34. The minimum Gasteiger partial charge on any atom is -0.315 e. The highest BCUT2D eigenvalue weighted by atomic mass is 15.1. The van der Waals surface area contributed by atoms with Crippen molar-refractivity contribution in [2.75, 3.05) is 19.6 Å². The summed E-state index contributed by atoms with van der Waals surface area (Å²) in [7, 11) is 0. The van der Waals surface area contributed by atoms with E-state index in [9.17, 15) is 0 Å². The Labute approximate surface area is 80.5 Å². The highest BCUT2D eigenvalue weighted by Crippen LogP contribution is 2.21. The maximum atomic E-state index is 8.58. The first-order chi connectivity index (χ1) is 6.13. The van der Waals surface area contributed by atoms with Crippen molar-refractivity contribution in [2.24, 2.45) is 17.6 Å². The zero-order valence-corrected chi connectivity index (χ0v) is 8.53. The lowest BCUT2D eigenvalue weighted by Crippen LogP contribution is -2.44. The Hall–Kier alpha value is -0.590. The van der Waals surface area contributed by atoms with Crippen molar-refractivity contribution in [1.29, 1.82) is 5.26 Å². The van der Waals surface area contributed by atoms with Gasteiger partial charge < -0.3 is 10.6 Å². The number of piperidine rings is 1. The Bertz CT molecular complexity index is 197. The molecule has 1 heterocycles. The van der Waals surface area contributed by atoms with Crippen molar-refractivity contribution in [2.45, 2.75) is 26.3 Å². The topological polar surface area (TPSA) is 53.0 Å². The van der Waals surface area contributed by atoms with Gasteiger partial charge in [-0.2, -0.15) is 5.26 Å². The number of rotatable bonds is 2. The molecule has 0 aromatic carbocycles. The molecular formula is C10H19N3. The molecule has 1 aliphatic rings. The largest absolute Gasteiger partial charge is 0.315 e. The highest BCUT2D eigenvalue weighted by molar-refractivity contribution is 4.90. The van der Waals surface area contributed by atoms with Gasteiger partial charge in [0.1, 0.15) is 6.04 Å². The standard InChI is InChI=1S/C10H19N3/c1-8-3-4-13(6-9(8)2)7-10(12)5-11/h8-10H,3-4,6-7,12H2,1-2H3. The lowest BCUT2D eigenvalue weighted by molar-refractivity contribution is 0.137. The molecule has 13 heavy (non-hydrogen) atoms. The number of nitrogens with two attached hydrogens (primary N) is 1. The van der Waals surface area contributed by atoms with E-state index in [0.29, 0.717) is 0 Å². The molecule has 74 valence electrons. The third-order valence-corrected chi connectivity index (χ3v) is 3.04. The normalized spacial score (nSPS) is 32.5. The van der Waals surface area contributed by atoms with Gasteiger partial charge in [-0.05, 0) is 24.8 Å². The van der Waals surface area contributed by atoms with Gasteiger partial charge in [0.25, 0.3) is 0 Å². The van der Waals surface area contributed by atoms with E-state index < -0.39 is 0 Å². The highest BCUT2D eigenvalue weighted by Gasteiger charge is 2.23. The molecule has 3 nitrogen and oxygen atoms in total. The Morgan fingerprint density at radius 3 is 2.77 bits per heavy atom. The summed E-state index contributed by atoms with van der Waals surface area (Å²) in [5.41, 5.74) is 5.58. The molecule has 1 aliphatic heterocycles. The zero-order valence-electron chi connectivity index (χ0n) is 8.53. The number of nitriles is 1. The molecule has 0 saturated carbocycles. The summed E-state index contributed by atoms with van der Waals surface area (Å²) in [5, 5.41) is 8.58. The number of hydrogen-bond donors (Lipinski definition) is 1. The van der Waals surface area contributed by atoms with Crippen LogP contribution in [0.5, 0.6) is 0 Å². The maximum Gasteiger partial charge on any atom is 0.106 e. The van der Waals surface area contributed by atoms with Crippen LogP contribution in [0.2, 0.25) is 0 Å². The summed E-state index contributed by atoms with van der Waals surface area (Å²) in [4.78, 5) is 2.30. The van der Waals surface area contributed by atoms with Gasteiger partial charge in [-0.1, -0.05) is 13.8 Å². The minimum atomic E-state index is -0.319.